The molecule has 2 aromatic carbocycles. The molecule has 4 rings (SSSR count). The first kappa shape index (κ1) is 23.9. The van der Waals surface area contributed by atoms with E-state index in [2.05, 4.69) is 91.0 Å². The van der Waals surface area contributed by atoms with Gasteiger partial charge in [0.05, 0.1) is 6.42 Å². The molecule has 2 heterocycles. The van der Waals surface area contributed by atoms with Crippen LogP contribution in [0.15, 0.2) is 85.2 Å². The highest BCUT2D eigenvalue weighted by Gasteiger charge is 2.49. The Morgan fingerprint density at radius 1 is 0.971 bits per heavy atom. The number of nitrogens with zero attached hydrogens (tertiary/aromatic N) is 2. The van der Waals surface area contributed by atoms with E-state index in [1.807, 2.05) is 18.3 Å². The Bertz CT molecular complexity index is 1210. The maximum atomic E-state index is 11.5. The topological polar surface area (TPSA) is 70.1 Å². The van der Waals surface area contributed by atoms with Gasteiger partial charge in [0.15, 0.2) is 0 Å². The predicted molar refractivity (Wildman–Crippen MR) is 141 cm³/mol. The van der Waals surface area contributed by atoms with Crippen molar-refractivity contribution in [2.45, 2.75) is 45.2 Å². The second kappa shape index (κ2) is 9.95. The van der Waals surface area contributed by atoms with Crippen molar-refractivity contribution < 1.29 is 9.22 Å². The van der Waals surface area contributed by atoms with Gasteiger partial charge in [-0.15, -0.1) is 0 Å². The summed E-state index contributed by atoms with van der Waals surface area (Å²) < 4.78 is 9.12. The van der Waals surface area contributed by atoms with Gasteiger partial charge >= 0.3 is 0 Å². The number of hydrogen-bond acceptors (Lipinski definition) is 3. The van der Waals surface area contributed by atoms with Crippen LogP contribution in [0.25, 0.3) is 11.0 Å². The zero-order valence-electron chi connectivity index (χ0n) is 20.2. The first-order chi connectivity index (χ1) is 16.3. The van der Waals surface area contributed by atoms with Gasteiger partial charge in [0, 0.05) is 30.9 Å². The molecule has 2 aromatic heterocycles. The molecule has 2 N–H and O–H groups in total. The molecule has 0 bridgehead atoms. The predicted octanol–water partition coefficient (Wildman–Crippen LogP) is 4.03. The first-order valence-corrected chi connectivity index (χ1v) is 13.7. The average Bonchev–Trinajstić information content (AvgIpc) is 3.16. The summed E-state index contributed by atoms with van der Waals surface area (Å²) in [6, 6.07) is 25.3. The van der Waals surface area contributed by atoms with Crippen LogP contribution in [0.4, 0.5) is 0 Å². The largest absolute Gasteiger partial charge is 0.407 e. The lowest BCUT2D eigenvalue weighted by molar-refractivity contribution is -0.117. The van der Waals surface area contributed by atoms with Crippen LogP contribution in [0.5, 0.6) is 0 Å². The molecule has 0 radical (unpaired) electrons. The van der Waals surface area contributed by atoms with Gasteiger partial charge in [0.2, 0.25) is 5.91 Å². The maximum absolute atomic E-state index is 11.5. The van der Waals surface area contributed by atoms with Crippen molar-refractivity contribution in [3.8, 4) is 0 Å². The number of carbonyl (C=O) groups excluding carboxylic acids is 1. The van der Waals surface area contributed by atoms with Crippen LogP contribution < -0.4 is 16.1 Å². The minimum atomic E-state index is -2.54. The fourth-order valence-electron chi connectivity index (χ4n) is 4.92. The van der Waals surface area contributed by atoms with Crippen molar-refractivity contribution in [1.82, 2.24) is 9.55 Å². The molecule has 0 aliphatic carbocycles. The third-order valence-corrected chi connectivity index (χ3v) is 11.4. The van der Waals surface area contributed by atoms with Crippen molar-refractivity contribution in [3.63, 3.8) is 0 Å². The number of rotatable bonds is 9. The van der Waals surface area contributed by atoms with Gasteiger partial charge < -0.3 is 14.7 Å². The number of benzene rings is 2. The van der Waals surface area contributed by atoms with Crippen molar-refractivity contribution in [2.75, 3.05) is 6.61 Å². The summed E-state index contributed by atoms with van der Waals surface area (Å²) in [7, 11) is -2.54. The van der Waals surface area contributed by atoms with Crippen LogP contribution in [-0.4, -0.2) is 30.4 Å². The normalized spacial score (nSPS) is 12.2. The first-order valence-electron chi connectivity index (χ1n) is 11.8. The number of aryl methyl sites for hydroxylation is 1. The summed E-state index contributed by atoms with van der Waals surface area (Å²) in [6.45, 7) is 8.26. The smallest absolute Gasteiger partial charge is 0.261 e. The fraction of sp³-hybridized carbons (Fsp3) is 0.286. The molecule has 0 aliphatic rings. The summed E-state index contributed by atoms with van der Waals surface area (Å²) >= 11 is 0. The molecular formula is C28H33N3O2Si. The molecule has 5 nitrogen and oxygen atoms in total. The zero-order valence-corrected chi connectivity index (χ0v) is 21.2. The third-order valence-electron chi connectivity index (χ3n) is 6.36. The molecule has 0 unspecified atom stereocenters. The molecule has 4 aromatic rings. The van der Waals surface area contributed by atoms with Crippen molar-refractivity contribution in [3.05, 3.63) is 90.8 Å². The Labute approximate surface area is 202 Å². The minimum absolute atomic E-state index is 0.0495. The standard InChI is InChI=1S/C28H33N3O2Si/c1-28(2,3)34(23-12-6-4-7-13-23,24-14-8-5-9-15-24)33-19-11-18-31-21-22(20-26(29)32)25-16-10-17-30-27(25)31/h4-10,12-17,21H,11,18-20H2,1-3H3,(H2,29,32). The van der Waals surface area contributed by atoms with Crippen LogP contribution in [0.3, 0.4) is 0 Å². The Morgan fingerprint density at radius 3 is 2.15 bits per heavy atom. The third kappa shape index (κ3) is 4.69. The van der Waals surface area contributed by atoms with E-state index >= 15 is 0 Å². The molecule has 6 heteroatoms. The summed E-state index contributed by atoms with van der Waals surface area (Å²) in [5.41, 5.74) is 7.26. The maximum Gasteiger partial charge on any atom is 0.261 e. The number of carbonyl (C=O) groups is 1. The van der Waals surface area contributed by atoms with E-state index in [1.165, 1.54) is 10.4 Å². The van der Waals surface area contributed by atoms with Gasteiger partial charge in [0.1, 0.15) is 5.65 Å². The Morgan fingerprint density at radius 2 is 1.59 bits per heavy atom. The Balaban J connectivity index is 1.60. The SMILES string of the molecule is CC(C)(C)[Si](OCCCn1cc(CC(N)=O)c2cccnc21)(c1ccccc1)c1ccccc1. The molecule has 0 saturated heterocycles. The van der Waals surface area contributed by atoms with E-state index < -0.39 is 8.32 Å². The minimum Gasteiger partial charge on any atom is -0.407 e. The second-order valence-corrected chi connectivity index (χ2v) is 14.0. The molecule has 0 atom stereocenters. The number of nitrogens with two attached hydrogens (primary N) is 1. The van der Waals surface area contributed by atoms with E-state index in [0.29, 0.717) is 6.61 Å². The van der Waals surface area contributed by atoms with Gasteiger partial charge in [-0.05, 0) is 39.5 Å². The average molecular weight is 472 g/mol. The molecule has 0 aliphatic heterocycles. The molecule has 0 saturated carbocycles. The number of fused-ring (bicyclic) bond motifs is 1. The lowest BCUT2D eigenvalue weighted by Gasteiger charge is -2.43. The van der Waals surface area contributed by atoms with Crippen molar-refractivity contribution >= 4 is 35.6 Å². The Kier molecular flexibility index (Phi) is 7.00. The van der Waals surface area contributed by atoms with Gasteiger partial charge in [0.25, 0.3) is 8.32 Å². The lowest BCUT2D eigenvalue weighted by Crippen LogP contribution is -2.66. The Hall–Kier alpha value is -3.22. The highest BCUT2D eigenvalue weighted by Crippen LogP contribution is 2.36. The van der Waals surface area contributed by atoms with E-state index in [4.69, 9.17) is 10.2 Å². The second-order valence-electron chi connectivity index (χ2n) is 9.73. The summed E-state index contributed by atoms with van der Waals surface area (Å²) in [6.07, 6.45) is 4.84. The van der Waals surface area contributed by atoms with Crippen LogP contribution >= 0.6 is 0 Å². The van der Waals surface area contributed by atoms with Gasteiger partial charge in [-0.2, -0.15) is 0 Å². The highest BCUT2D eigenvalue weighted by atomic mass is 28.4. The quantitative estimate of drug-likeness (QED) is 0.296. The molecule has 0 spiro atoms. The number of pyridine rings is 1. The number of hydrogen-bond donors (Lipinski definition) is 1. The number of amides is 1. The number of primary amides is 1. The lowest BCUT2D eigenvalue weighted by atomic mass is 10.1. The van der Waals surface area contributed by atoms with Gasteiger partial charge in [-0.1, -0.05) is 81.4 Å². The summed E-state index contributed by atoms with van der Waals surface area (Å²) in [5, 5.41) is 3.50. The van der Waals surface area contributed by atoms with Gasteiger partial charge in [-0.3, -0.25) is 4.79 Å². The van der Waals surface area contributed by atoms with Crippen LogP contribution in [0.1, 0.15) is 32.8 Å². The zero-order chi connectivity index (χ0) is 24.2. The van der Waals surface area contributed by atoms with E-state index in [0.717, 1.165) is 29.6 Å². The fourth-order valence-corrected chi connectivity index (χ4v) is 9.52. The highest BCUT2D eigenvalue weighted by molar-refractivity contribution is 6.99. The monoisotopic (exact) mass is 471 g/mol. The van der Waals surface area contributed by atoms with Crippen LogP contribution in [0, 0.1) is 0 Å². The summed E-state index contributed by atoms with van der Waals surface area (Å²) in [4.78, 5) is 16.1. The van der Waals surface area contributed by atoms with E-state index in [1.54, 1.807) is 6.20 Å². The molecule has 1 amide bonds. The molecular weight excluding hydrogens is 438 g/mol. The summed E-state index contributed by atoms with van der Waals surface area (Å²) in [5.74, 6) is -0.335. The van der Waals surface area contributed by atoms with E-state index in [-0.39, 0.29) is 17.4 Å². The molecule has 176 valence electrons. The molecule has 34 heavy (non-hydrogen) atoms. The van der Waals surface area contributed by atoms with Crippen molar-refractivity contribution in [1.29, 1.82) is 0 Å². The molecule has 0 fully saturated rings. The van der Waals surface area contributed by atoms with Crippen LogP contribution in [-0.2, 0) is 22.2 Å². The van der Waals surface area contributed by atoms with Crippen LogP contribution in [0.2, 0.25) is 5.04 Å². The van der Waals surface area contributed by atoms with Gasteiger partial charge in [-0.25, -0.2) is 4.98 Å². The van der Waals surface area contributed by atoms with E-state index in [9.17, 15) is 4.79 Å². The number of aromatic nitrogens is 2. The van der Waals surface area contributed by atoms with Crippen molar-refractivity contribution in [2.24, 2.45) is 5.73 Å².